The Bertz CT molecular complexity index is 471. The summed E-state index contributed by atoms with van der Waals surface area (Å²) in [6, 6.07) is 1.94. The van der Waals surface area contributed by atoms with Gasteiger partial charge in [0.25, 0.3) is 0 Å². The molecule has 0 atom stereocenters. The molecule has 0 fully saturated rings. The molecule has 0 bridgehead atoms. The molecule has 0 saturated carbocycles. The Hall–Kier alpha value is -1.02. The van der Waals surface area contributed by atoms with E-state index in [1.165, 1.54) is 0 Å². The van der Waals surface area contributed by atoms with Gasteiger partial charge < -0.3 is 4.40 Å². The van der Waals surface area contributed by atoms with E-state index in [4.69, 9.17) is 11.6 Å². The van der Waals surface area contributed by atoms with Crippen molar-refractivity contribution in [3.63, 3.8) is 0 Å². The van der Waals surface area contributed by atoms with Gasteiger partial charge in [-0.1, -0.05) is 25.4 Å². The normalized spacial score (nSPS) is 11.5. The van der Waals surface area contributed by atoms with Crippen molar-refractivity contribution in [3.05, 3.63) is 34.7 Å². The summed E-state index contributed by atoms with van der Waals surface area (Å²) >= 11 is 6.10. The minimum absolute atomic E-state index is 0.436. The molecular formula is C11H13ClN2. The van der Waals surface area contributed by atoms with Crippen molar-refractivity contribution in [1.82, 2.24) is 9.38 Å². The van der Waals surface area contributed by atoms with E-state index in [0.717, 1.165) is 21.9 Å². The standard InChI is InChI=1S/C11H13ClN2/c1-7(2)10-6-14-5-8(3)4-9(12)11(14)13-10/h4-7H,1-3H3. The van der Waals surface area contributed by atoms with E-state index >= 15 is 0 Å². The van der Waals surface area contributed by atoms with Crippen molar-refractivity contribution in [2.45, 2.75) is 26.7 Å². The van der Waals surface area contributed by atoms with Crippen molar-refractivity contribution in [3.8, 4) is 0 Å². The van der Waals surface area contributed by atoms with Gasteiger partial charge in [0.15, 0.2) is 5.65 Å². The van der Waals surface area contributed by atoms with Gasteiger partial charge in [-0.15, -0.1) is 0 Å². The van der Waals surface area contributed by atoms with Gasteiger partial charge in [0.1, 0.15) is 0 Å². The Morgan fingerprint density at radius 2 is 2.07 bits per heavy atom. The number of rotatable bonds is 1. The van der Waals surface area contributed by atoms with Gasteiger partial charge in [0.05, 0.1) is 10.7 Å². The number of aromatic nitrogens is 2. The molecule has 0 spiro atoms. The fourth-order valence-corrected chi connectivity index (χ4v) is 1.80. The summed E-state index contributed by atoms with van der Waals surface area (Å²) in [5.41, 5.74) is 3.08. The fourth-order valence-electron chi connectivity index (χ4n) is 1.49. The van der Waals surface area contributed by atoms with E-state index in [2.05, 4.69) is 18.8 Å². The summed E-state index contributed by atoms with van der Waals surface area (Å²) in [6.45, 7) is 6.28. The predicted octanol–water partition coefficient (Wildman–Crippen LogP) is 3.42. The highest BCUT2D eigenvalue weighted by atomic mass is 35.5. The molecule has 0 aliphatic heterocycles. The van der Waals surface area contributed by atoms with Crippen molar-refractivity contribution >= 4 is 17.2 Å². The smallest absolute Gasteiger partial charge is 0.155 e. The van der Waals surface area contributed by atoms with Crippen LogP contribution in [-0.4, -0.2) is 9.38 Å². The van der Waals surface area contributed by atoms with E-state index in [0.29, 0.717) is 5.92 Å². The van der Waals surface area contributed by atoms with Crippen LogP contribution in [0.2, 0.25) is 5.02 Å². The van der Waals surface area contributed by atoms with Gasteiger partial charge in [0.2, 0.25) is 0 Å². The maximum Gasteiger partial charge on any atom is 0.155 e. The van der Waals surface area contributed by atoms with Gasteiger partial charge in [-0.25, -0.2) is 4.98 Å². The zero-order valence-corrected chi connectivity index (χ0v) is 9.34. The topological polar surface area (TPSA) is 17.3 Å². The van der Waals surface area contributed by atoms with Crippen LogP contribution in [0.5, 0.6) is 0 Å². The van der Waals surface area contributed by atoms with E-state index in [1.54, 1.807) is 0 Å². The third kappa shape index (κ3) is 1.50. The van der Waals surface area contributed by atoms with Gasteiger partial charge >= 0.3 is 0 Å². The van der Waals surface area contributed by atoms with Crippen molar-refractivity contribution < 1.29 is 0 Å². The van der Waals surface area contributed by atoms with E-state index in [9.17, 15) is 0 Å². The summed E-state index contributed by atoms with van der Waals surface area (Å²) < 4.78 is 1.99. The first-order valence-corrected chi connectivity index (χ1v) is 5.10. The monoisotopic (exact) mass is 208 g/mol. The molecule has 3 heteroatoms. The van der Waals surface area contributed by atoms with E-state index in [1.807, 2.05) is 29.8 Å². The van der Waals surface area contributed by atoms with Crippen LogP contribution in [0.25, 0.3) is 5.65 Å². The van der Waals surface area contributed by atoms with Crippen LogP contribution in [0.15, 0.2) is 18.5 Å². The lowest BCUT2D eigenvalue weighted by Gasteiger charge is -1.97. The molecule has 74 valence electrons. The second-order valence-electron chi connectivity index (χ2n) is 3.92. The first-order chi connectivity index (χ1) is 6.58. The van der Waals surface area contributed by atoms with Crippen LogP contribution in [0.3, 0.4) is 0 Å². The maximum atomic E-state index is 6.10. The van der Waals surface area contributed by atoms with Crippen LogP contribution in [0.1, 0.15) is 31.0 Å². The van der Waals surface area contributed by atoms with Crippen LogP contribution in [0.4, 0.5) is 0 Å². The Labute approximate surface area is 88.5 Å². The van der Waals surface area contributed by atoms with Gasteiger partial charge in [-0.3, -0.25) is 0 Å². The van der Waals surface area contributed by atoms with Gasteiger partial charge in [-0.2, -0.15) is 0 Å². The second kappa shape index (κ2) is 3.28. The van der Waals surface area contributed by atoms with Crippen LogP contribution in [-0.2, 0) is 0 Å². The molecule has 0 N–H and O–H groups in total. The molecule has 2 nitrogen and oxygen atoms in total. The number of nitrogens with zero attached hydrogens (tertiary/aromatic N) is 2. The molecule has 2 heterocycles. The minimum Gasteiger partial charge on any atom is -0.305 e. The predicted molar refractivity (Wildman–Crippen MR) is 59.0 cm³/mol. The summed E-state index contributed by atoms with van der Waals surface area (Å²) in [5.74, 6) is 0.436. The van der Waals surface area contributed by atoms with Gasteiger partial charge in [0, 0.05) is 12.4 Å². The highest BCUT2D eigenvalue weighted by molar-refractivity contribution is 6.33. The van der Waals surface area contributed by atoms with Crippen LogP contribution >= 0.6 is 11.6 Å². The highest BCUT2D eigenvalue weighted by Gasteiger charge is 2.08. The Morgan fingerprint density at radius 1 is 1.36 bits per heavy atom. The molecule has 2 aromatic rings. The molecular weight excluding hydrogens is 196 g/mol. The molecule has 2 aromatic heterocycles. The SMILES string of the molecule is Cc1cc(Cl)c2nc(C(C)C)cn2c1. The third-order valence-corrected chi connectivity index (χ3v) is 2.53. The fraction of sp³-hybridized carbons (Fsp3) is 0.364. The number of hydrogen-bond acceptors (Lipinski definition) is 1. The molecule has 0 aliphatic rings. The molecule has 0 saturated heterocycles. The molecule has 14 heavy (non-hydrogen) atoms. The van der Waals surface area contributed by atoms with Crippen molar-refractivity contribution in [2.24, 2.45) is 0 Å². The Morgan fingerprint density at radius 3 is 2.71 bits per heavy atom. The summed E-state index contributed by atoms with van der Waals surface area (Å²) in [7, 11) is 0. The quantitative estimate of drug-likeness (QED) is 0.702. The van der Waals surface area contributed by atoms with E-state index in [-0.39, 0.29) is 0 Å². The molecule has 0 radical (unpaired) electrons. The number of hydrogen-bond donors (Lipinski definition) is 0. The number of aryl methyl sites for hydroxylation is 1. The summed E-state index contributed by atoms with van der Waals surface area (Å²) in [4.78, 5) is 4.48. The molecule has 0 aliphatic carbocycles. The number of halogens is 1. The highest BCUT2D eigenvalue weighted by Crippen LogP contribution is 2.21. The minimum atomic E-state index is 0.436. The largest absolute Gasteiger partial charge is 0.305 e. The average molecular weight is 209 g/mol. The van der Waals surface area contributed by atoms with Crippen molar-refractivity contribution in [1.29, 1.82) is 0 Å². The lowest BCUT2D eigenvalue weighted by molar-refractivity contribution is 0.834. The van der Waals surface area contributed by atoms with E-state index < -0.39 is 0 Å². The summed E-state index contributed by atoms with van der Waals surface area (Å²) in [5, 5.41) is 0.719. The molecule has 0 amide bonds. The van der Waals surface area contributed by atoms with Crippen LogP contribution < -0.4 is 0 Å². The first-order valence-electron chi connectivity index (χ1n) is 4.72. The zero-order chi connectivity index (χ0) is 10.3. The number of fused-ring (bicyclic) bond motifs is 1. The number of pyridine rings is 1. The lowest BCUT2D eigenvalue weighted by Crippen LogP contribution is -1.85. The van der Waals surface area contributed by atoms with Crippen LogP contribution in [0, 0.1) is 6.92 Å². The Balaban J connectivity index is 2.70. The summed E-state index contributed by atoms with van der Waals surface area (Å²) in [6.07, 6.45) is 4.08. The first kappa shape index (κ1) is 9.53. The molecule has 0 unspecified atom stereocenters. The van der Waals surface area contributed by atoms with Gasteiger partial charge in [-0.05, 0) is 24.5 Å². The third-order valence-electron chi connectivity index (χ3n) is 2.25. The van der Waals surface area contributed by atoms with Crippen molar-refractivity contribution in [2.75, 3.05) is 0 Å². The molecule has 0 aromatic carbocycles. The Kier molecular flexibility index (Phi) is 2.23. The average Bonchev–Trinajstić information content (AvgIpc) is 2.47. The number of imidazole rings is 1. The maximum absolute atomic E-state index is 6.10. The molecule has 2 rings (SSSR count). The zero-order valence-electron chi connectivity index (χ0n) is 8.58. The lowest BCUT2D eigenvalue weighted by atomic mass is 10.2. The second-order valence-corrected chi connectivity index (χ2v) is 4.32.